The molecule has 0 amide bonds. The van der Waals surface area contributed by atoms with Gasteiger partial charge in [-0.05, 0) is 0 Å². The van der Waals surface area contributed by atoms with Crippen molar-refractivity contribution >= 4 is 34.0 Å². The molecule has 2 aromatic rings. The summed E-state index contributed by atoms with van der Waals surface area (Å²) in [5, 5.41) is 1.08. The van der Waals surface area contributed by atoms with E-state index in [9.17, 15) is 0 Å². The number of hydrogen-bond donors (Lipinski definition) is 0. The number of rotatable bonds is 2. The summed E-state index contributed by atoms with van der Waals surface area (Å²) in [5.74, 6) is 0.595. The molecule has 0 atom stereocenters. The van der Waals surface area contributed by atoms with Gasteiger partial charge in [0.15, 0.2) is 0 Å². The van der Waals surface area contributed by atoms with Gasteiger partial charge in [0.2, 0.25) is 5.02 Å². The molecule has 1 heterocycles. The highest BCUT2D eigenvalue weighted by Crippen LogP contribution is 2.25. The molecule has 0 bridgehead atoms. The smallest absolute Gasteiger partial charge is 0.247 e. The zero-order valence-corrected chi connectivity index (χ0v) is 8.66. The van der Waals surface area contributed by atoms with Crippen LogP contribution >= 0.6 is 23.2 Å². The Bertz CT molecular complexity index is 440. The van der Waals surface area contributed by atoms with Gasteiger partial charge in [-0.2, -0.15) is 0 Å². The van der Waals surface area contributed by atoms with Crippen LogP contribution in [0.1, 0.15) is 0 Å². The molecule has 0 saturated carbocycles. The van der Waals surface area contributed by atoms with E-state index >= 15 is 0 Å². The fourth-order valence-corrected chi connectivity index (χ4v) is 1.47. The van der Waals surface area contributed by atoms with Crippen LogP contribution in [0.25, 0.3) is 10.8 Å². The molecule has 14 heavy (non-hydrogen) atoms. The predicted octanol–water partition coefficient (Wildman–Crippen LogP) is 3.37. The van der Waals surface area contributed by atoms with Crippen molar-refractivity contribution < 1.29 is 4.74 Å². The summed E-state index contributed by atoms with van der Waals surface area (Å²) in [6.07, 6.45) is 3.36. The molecule has 0 radical (unpaired) electrons. The van der Waals surface area contributed by atoms with Gasteiger partial charge in [-0.15, -0.1) is 0 Å². The van der Waals surface area contributed by atoms with Crippen LogP contribution in [0, 0.1) is 0 Å². The molecule has 72 valence electrons. The van der Waals surface area contributed by atoms with Gasteiger partial charge in [0.1, 0.15) is 5.75 Å². The first kappa shape index (κ1) is 9.56. The molecule has 2 nitrogen and oxygen atoms in total. The van der Waals surface area contributed by atoms with E-state index in [4.69, 9.17) is 27.9 Å². The zero-order valence-electron chi connectivity index (χ0n) is 7.15. The highest BCUT2D eigenvalue weighted by molar-refractivity contribution is 6.43. The van der Waals surface area contributed by atoms with Crippen molar-refractivity contribution in [2.75, 3.05) is 0 Å². The van der Waals surface area contributed by atoms with E-state index in [2.05, 4.69) is 4.98 Å². The third-order valence-electron chi connectivity index (χ3n) is 1.85. The minimum Gasteiger partial charge on any atom is -0.458 e. The van der Waals surface area contributed by atoms with Crippen molar-refractivity contribution in [2.24, 2.45) is 0 Å². The summed E-state index contributed by atoms with van der Waals surface area (Å²) in [5.41, 5.74) is 0. The first-order chi connectivity index (χ1) is 6.77. The van der Waals surface area contributed by atoms with Crippen LogP contribution < -0.4 is 4.74 Å². The van der Waals surface area contributed by atoms with E-state index in [0.29, 0.717) is 5.75 Å². The normalized spacial score (nSPS) is 10.8. The zero-order chi connectivity index (χ0) is 9.97. The van der Waals surface area contributed by atoms with Gasteiger partial charge >= 0.3 is 0 Å². The van der Waals surface area contributed by atoms with Crippen molar-refractivity contribution in [1.29, 1.82) is 0 Å². The largest absolute Gasteiger partial charge is 0.458 e. The van der Waals surface area contributed by atoms with Crippen molar-refractivity contribution in [3.63, 3.8) is 0 Å². The molecular weight excluding hydrogens is 221 g/mol. The summed E-state index contributed by atoms with van der Waals surface area (Å²) in [7, 11) is 0. The molecule has 4 heteroatoms. The van der Waals surface area contributed by atoms with Crippen LogP contribution in [-0.4, -0.2) is 10.0 Å². The number of hydrogen-bond acceptors (Lipinski definition) is 2. The number of benzene rings is 1. The maximum atomic E-state index is 5.53. The van der Waals surface area contributed by atoms with Crippen LogP contribution in [0.15, 0.2) is 36.7 Å². The second-order valence-corrected chi connectivity index (χ2v) is 3.75. The second-order valence-electron chi connectivity index (χ2n) is 2.74. The number of ether oxygens (including phenoxy) is 1. The Kier molecular flexibility index (Phi) is 2.75. The lowest BCUT2D eigenvalue weighted by Crippen LogP contribution is -1.99. The van der Waals surface area contributed by atoms with Crippen molar-refractivity contribution in [3.8, 4) is 5.75 Å². The van der Waals surface area contributed by atoms with Crippen molar-refractivity contribution in [3.05, 3.63) is 36.7 Å². The number of pyridine rings is 1. The second kappa shape index (κ2) is 4.03. The lowest BCUT2D eigenvalue weighted by atomic mass is 10.2. The molecule has 1 aromatic heterocycles. The molecule has 0 aliphatic carbocycles. The summed E-state index contributed by atoms with van der Waals surface area (Å²) in [6.45, 7) is 0. The summed E-state index contributed by atoms with van der Waals surface area (Å²) in [6, 6.07) is 7.74. The maximum absolute atomic E-state index is 5.53. The lowest BCUT2D eigenvalue weighted by molar-refractivity contribution is 0.357. The fraction of sp³-hybridized carbons (Fsp3) is 0.100. The standard InChI is InChI=1S/C10H7Cl2NO/c11-10(12)14-9-6-13-5-7-3-1-2-4-8(7)9/h1-6,10H. The van der Waals surface area contributed by atoms with Crippen molar-refractivity contribution in [2.45, 2.75) is 5.02 Å². The minimum atomic E-state index is -0.873. The van der Waals surface area contributed by atoms with Crippen LogP contribution in [0.2, 0.25) is 0 Å². The summed E-state index contributed by atoms with van der Waals surface area (Å²) < 4.78 is 5.20. The van der Waals surface area contributed by atoms with Gasteiger partial charge in [-0.3, -0.25) is 4.98 Å². The average molecular weight is 228 g/mol. The molecule has 1 aromatic carbocycles. The highest BCUT2D eigenvalue weighted by Gasteiger charge is 2.05. The van der Waals surface area contributed by atoms with Crippen LogP contribution in [0.3, 0.4) is 0 Å². The molecule has 0 fully saturated rings. The van der Waals surface area contributed by atoms with Gasteiger partial charge in [0.25, 0.3) is 0 Å². The van der Waals surface area contributed by atoms with E-state index in [-0.39, 0.29) is 0 Å². The lowest BCUT2D eigenvalue weighted by Gasteiger charge is -2.08. The summed E-state index contributed by atoms with van der Waals surface area (Å²) >= 11 is 11.1. The van der Waals surface area contributed by atoms with E-state index in [1.54, 1.807) is 12.4 Å². The first-order valence-electron chi connectivity index (χ1n) is 4.05. The van der Waals surface area contributed by atoms with E-state index < -0.39 is 5.02 Å². The Hall–Kier alpha value is -0.990. The Morgan fingerprint density at radius 1 is 1.14 bits per heavy atom. The molecule has 0 unspecified atom stereocenters. The SMILES string of the molecule is ClC(Cl)Oc1cncc2ccccc12. The Balaban J connectivity index is 2.53. The van der Waals surface area contributed by atoms with Gasteiger partial charge in [-0.25, -0.2) is 0 Å². The quantitative estimate of drug-likeness (QED) is 0.735. The third-order valence-corrected chi connectivity index (χ3v) is 2.03. The van der Waals surface area contributed by atoms with E-state index in [1.807, 2.05) is 24.3 Å². The molecule has 0 saturated heterocycles. The Labute approximate surface area is 91.4 Å². The summed E-state index contributed by atoms with van der Waals surface area (Å²) in [4.78, 5) is 4.02. The highest BCUT2D eigenvalue weighted by atomic mass is 35.5. The van der Waals surface area contributed by atoms with Gasteiger partial charge in [0.05, 0.1) is 6.20 Å². The molecule has 2 rings (SSSR count). The Morgan fingerprint density at radius 3 is 2.71 bits per heavy atom. The van der Waals surface area contributed by atoms with Gasteiger partial charge in [0, 0.05) is 17.0 Å². The van der Waals surface area contributed by atoms with Crippen LogP contribution in [0.5, 0.6) is 5.75 Å². The van der Waals surface area contributed by atoms with Gasteiger partial charge in [-0.1, -0.05) is 47.5 Å². The topological polar surface area (TPSA) is 22.1 Å². The molecule has 0 aliphatic rings. The predicted molar refractivity (Wildman–Crippen MR) is 57.9 cm³/mol. The van der Waals surface area contributed by atoms with E-state index in [0.717, 1.165) is 10.8 Å². The number of nitrogens with zero attached hydrogens (tertiary/aromatic N) is 1. The molecule has 0 aliphatic heterocycles. The van der Waals surface area contributed by atoms with Crippen LogP contribution in [-0.2, 0) is 0 Å². The van der Waals surface area contributed by atoms with Crippen LogP contribution in [0.4, 0.5) is 0 Å². The molecule has 0 spiro atoms. The van der Waals surface area contributed by atoms with Crippen molar-refractivity contribution in [1.82, 2.24) is 4.98 Å². The minimum absolute atomic E-state index is 0.595. The Morgan fingerprint density at radius 2 is 1.93 bits per heavy atom. The third kappa shape index (κ3) is 1.91. The molecule has 0 N–H and O–H groups in total. The fourth-order valence-electron chi connectivity index (χ4n) is 1.28. The number of fused-ring (bicyclic) bond motifs is 1. The number of aromatic nitrogens is 1. The van der Waals surface area contributed by atoms with E-state index in [1.165, 1.54) is 0 Å². The number of alkyl halides is 2. The maximum Gasteiger partial charge on any atom is 0.247 e. The number of halogens is 2. The molecular formula is C10H7Cl2NO. The average Bonchev–Trinajstić information content (AvgIpc) is 2.18. The van der Waals surface area contributed by atoms with Gasteiger partial charge < -0.3 is 4.74 Å². The monoisotopic (exact) mass is 227 g/mol. The first-order valence-corrected chi connectivity index (χ1v) is 4.92.